The van der Waals surface area contributed by atoms with Crippen LogP contribution in [-0.2, 0) is 35.3 Å². The number of Topliss-reactive ketones (excluding diaryl/α,β-unsaturated/α-hetero) is 1. The van der Waals surface area contributed by atoms with E-state index in [1.165, 1.54) is 4.90 Å². The lowest BCUT2D eigenvalue weighted by Crippen LogP contribution is -2.47. The van der Waals surface area contributed by atoms with E-state index in [2.05, 4.69) is 5.32 Å². The molecule has 17 heteroatoms. The van der Waals surface area contributed by atoms with Crippen LogP contribution in [0, 0.1) is 17.0 Å². The molecule has 4 amide bonds. The number of aliphatic hydroxyl groups excluding tert-OH is 1. The number of likely N-dealkylation sites (tertiary alicyclic amines) is 1. The van der Waals surface area contributed by atoms with Crippen molar-refractivity contribution in [3.63, 3.8) is 0 Å². The van der Waals surface area contributed by atoms with Crippen LogP contribution in [0.3, 0.4) is 0 Å². The van der Waals surface area contributed by atoms with Gasteiger partial charge in [-0.05, 0) is 48.1 Å². The van der Waals surface area contributed by atoms with E-state index in [0.717, 1.165) is 40.4 Å². The quantitative estimate of drug-likeness (QED) is 0.0826. The maximum atomic E-state index is 15.0. The molecular formula is C40H50F2N6O8S. The van der Waals surface area contributed by atoms with Gasteiger partial charge in [0.05, 0.1) is 23.9 Å². The van der Waals surface area contributed by atoms with Crippen molar-refractivity contribution in [2.45, 2.75) is 76.4 Å². The number of benzene rings is 2. The number of aromatic nitrogens is 1. The maximum Gasteiger partial charge on any atom is 0.321 e. The van der Waals surface area contributed by atoms with E-state index in [0.29, 0.717) is 17.8 Å². The summed E-state index contributed by atoms with van der Waals surface area (Å²) < 4.78 is 31.2. The van der Waals surface area contributed by atoms with Crippen molar-refractivity contribution in [2.24, 2.45) is 16.9 Å². The number of carboxylic acids is 1. The predicted octanol–water partition coefficient (Wildman–Crippen LogP) is 2.85. The summed E-state index contributed by atoms with van der Waals surface area (Å²) in [6.45, 7) is 4.77. The van der Waals surface area contributed by atoms with Gasteiger partial charge in [-0.2, -0.15) is 0 Å². The summed E-state index contributed by atoms with van der Waals surface area (Å²) in [5, 5.41) is 20.9. The highest BCUT2D eigenvalue weighted by atomic mass is 32.2. The normalized spacial score (nSPS) is 16.0. The molecule has 4 atom stereocenters. The Labute approximate surface area is 333 Å². The molecule has 2 unspecified atom stereocenters. The van der Waals surface area contributed by atoms with Gasteiger partial charge in [0.15, 0.2) is 5.78 Å². The van der Waals surface area contributed by atoms with Crippen molar-refractivity contribution in [1.29, 1.82) is 0 Å². The third-order valence-corrected chi connectivity index (χ3v) is 10.8. The lowest BCUT2D eigenvalue weighted by atomic mass is 9.82. The van der Waals surface area contributed by atoms with E-state index in [-0.39, 0.29) is 50.1 Å². The fourth-order valence-corrected chi connectivity index (χ4v) is 7.75. The van der Waals surface area contributed by atoms with Crippen molar-refractivity contribution < 1.29 is 47.8 Å². The third kappa shape index (κ3) is 12.0. The number of nitrogens with zero attached hydrogens (tertiary/aromatic N) is 3. The molecule has 0 saturated carbocycles. The number of aliphatic hydroxyl groups is 1. The minimum atomic E-state index is -1.23. The van der Waals surface area contributed by atoms with Crippen LogP contribution in [0.1, 0.15) is 63.8 Å². The highest BCUT2D eigenvalue weighted by Crippen LogP contribution is 2.41. The van der Waals surface area contributed by atoms with Crippen molar-refractivity contribution in [3.05, 3.63) is 83.7 Å². The SMILES string of the molecule is CC(C)(C)C(c1cc(-c2cc(F)ccc2F)cn1Cc1ccccc1)N(CC[C@H](N)C(=O)NCCCC(=O)CN1C(=O)CC(SC[C@H](N)C(=O)O)C1=O)C(=O)CO. The van der Waals surface area contributed by atoms with Crippen molar-refractivity contribution in [1.82, 2.24) is 19.7 Å². The highest BCUT2D eigenvalue weighted by Gasteiger charge is 2.40. The van der Waals surface area contributed by atoms with Crippen LogP contribution >= 0.6 is 11.8 Å². The Balaban J connectivity index is 1.40. The first-order valence-electron chi connectivity index (χ1n) is 18.5. The smallest absolute Gasteiger partial charge is 0.321 e. The van der Waals surface area contributed by atoms with E-state index in [1.807, 2.05) is 55.7 Å². The van der Waals surface area contributed by atoms with Gasteiger partial charge < -0.3 is 36.5 Å². The lowest BCUT2D eigenvalue weighted by molar-refractivity contribution is -0.142. The standard InChI is InChI=1S/C40H50F2N6O8S/c1-40(2,3)36(32-16-25(28-17-26(41)11-12-29(28)42)20-46(32)19-24-8-5-4-6-9-24)47(35(52)22-49)15-13-30(43)37(53)45-14-7-10-27(50)21-48-34(51)18-33(38(48)54)57-23-31(44)39(55)56/h4-6,8-9,11-12,16-17,20,30-31,33,36,49H,7,10,13-15,18-19,21-23,43-44H2,1-3H3,(H,45,53)(H,55,56)/t30-,31-,33?,36?/m0/s1. The van der Waals surface area contributed by atoms with E-state index in [1.54, 1.807) is 12.3 Å². The Hall–Kier alpha value is -4.97. The molecule has 1 saturated heterocycles. The first-order valence-corrected chi connectivity index (χ1v) is 19.5. The maximum absolute atomic E-state index is 15.0. The van der Waals surface area contributed by atoms with Gasteiger partial charge in [-0.3, -0.25) is 33.7 Å². The second kappa shape index (κ2) is 19.9. The van der Waals surface area contributed by atoms with Gasteiger partial charge in [-0.1, -0.05) is 51.1 Å². The van der Waals surface area contributed by atoms with Crippen molar-refractivity contribution in [2.75, 3.05) is 32.0 Å². The van der Waals surface area contributed by atoms with E-state index in [9.17, 15) is 38.3 Å². The van der Waals surface area contributed by atoms with Gasteiger partial charge >= 0.3 is 5.97 Å². The Morgan fingerprint density at radius 1 is 1.04 bits per heavy atom. The Bertz CT molecular complexity index is 1940. The number of ketones is 1. The number of halogens is 2. The molecule has 0 radical (unpaired) electrons. The van der Waals surface area contributed by atoms with Crippen LogP contribution in [0.25, 0.3) is 11.1 Å². The summed E-state index contributed by atoms with van der Waals surface area (Å²) in [6.07, 6.45) is 1.66. The second-order valence-electron chi connectivity index (χ2n) is 15.0. The second-order valence-corrected chi connectivity index (χ2v) is 16.3. The molecule has 1 aliphatic rings. The van der Waals surface area contributed by atoms with Gasteiger partial charge in [0, 0.05) is 61.2 Å². The van der Waals surface area contributed by atoms with Crippen LogP contribution < -0.4 is 16.8 Å². The summed E-state index contributed by atoms with van der Waals surface area (Å²) in [7, 11) is 0. The van der Waals surface area contributed by atoms with Crippen LogP contribution in [0.5, 0.6) is 0 Å². The van der Waals surface area contributed by atoms with Crippen LogP contribution in [0.15, 0.2) is 60.8 Å². The molecule has 2 aromatic carbocycles. The molecule has 1 fully saturated rings. The topological polar surface area (TPSA) is 218 Å². The van der Waals surface area contributed by atoms with E-state index in [4.69, 9.17) is 16.6 Å². The summed E-state index contributed by atoms with van der Waals surface area (Å²) in [5.41, 5.74) is 13.0. The fourth-order valence-electron chi connectivity index (χ4n) is 6.63. The molecule has 3 aromatic rings. The molecule has 308 valence electrons. The number of carbonyl (C=O) groups excluding carboxylic acids is 5. The van der Waals surface area contributed by atoms with E-state index >= 15 is 4.39 Å². The molecule has 0 aliphatic carbocycles. The van der Waals surface area contributed by atoms with Crippen LogP contribution in [0.2, 0.25) is 0 Å². The molecule has 0 spiro atoms. The number of aliphatic carboxylic acids is 1. The Kier molecular flexibility index (Phi) is 15.7. The average molecular weight is 813 g/mol. The Morgan fingerprint density at radius 2 is 1.74 bits per heavy atom. The zero-order chi connectivity index (χ0) is 42.0. The molecule has 2 heterocycles. The number of thioether (sulfide) groups is 1. The average Bonchev–Trinajstić information content (AvgIpc) is 3.68. The van der Waals surface area contributed by atoms with Crippen molar-refractivity contribution in [3.8, 4) is 11.1 Å². The number of hydrogen-bond acceptors (Lipinski definition) is 10. The first kappa shape index (κ1) is 44.7. The van der Waals surface area contributed by atoms with Gasteiger partial charge in [-0.25, -0.2) is 8.78 Å². The summed E-state index contributed by atoms with van der Waals surface area (Å²) >= 11 is 0.954. The fraction of sp³-hybridized carbons (Fsp3) is 0.450. The summed E-state index contributed by atoms with van der Waals surface area (Å²) in [5.74, 6) is -5.25. The number of nitrogens with one attached hydrogen (secondary N) is 1. The molecule has 7 N–H and O–H groups in total. The zero-order valence-electron chi connectivity index (χ0n) is 32.2. The number of rotatable bonds is 20. The number of carboxylic acid groups (broad SMARTS) is 1. The summed E-state index contributed by atoms with van der Waals surface area (Å²) in [6, 6.07) is 11.3. The molecule has 57 heavy (non-hydrogen) atoms. The number of nitrogens with two attached hydrogens (primary N) is 2. The molecule has 1 aromatic heterocycles. The molecule has 4 rings (SSSR count). The van der Waals surface area contributed by atoms with Crippen LogP contribution in [-0.4, -0.2) is 109 Å². The molecule has 0 bridgehead atoms. The largest absolute Gasteiger partial charge is 0.480 e. The van der Waals surface area contributed by atoms with E-state index < -0.39 is 89.0 Å². The summed E-state index contributed by atoms with van der Waals surface area (Å²) in [4.78, 5) is 77.4. The number of hydrogen-bond donors (Lipinski definition) is 5. The van der Waals surface area contributed by atoms with Gasteiger partial charge in [-0.15, -0.1) is 11.8 Å². The molecule has 1 aliphatic heterocycles. The van der Waals surface area contributed by atoms with Crippen molar-refractivity contribution >= 4 is 47.1 Å². The number of imide groups is 1. The molecular weight excluding hydrogens is 763 g/mol. The zero-order valence-corrected chi connectivity index (χ0v) is 33.0. The first-order chi connectivity index (χ1) is 26.9. The third-order valence-electron chi connectivity index (χ3n) is 9.51. The van der Waals surface area contributed by atoms with Gasteiger partial charge in [0.25, 0.3) is 0 Å². The van der Waals surface area contributed by atoms with Crippen LogP contribution in [0.4, 0.5) is 8.78 Å². The minimum Gasteiger partial charge on any atom is -0.480 e. The lowest BCUT2D eigenvalue weighted by Gasteiger charge is -2.41. The van der Waals surface area contributed by atoms with Gasteiger partial charge in [0.2, 0.25) is 23.6 Å². The number of carbonyl (C=O) groups is 6. The molecule has 14 nitrogen and oxygen atoms in total. The minimum absolute atomic E-state index is 0.0103. The monoisotopic (exact) mass is 812 g/mol. The Morgan fingerprint density at radius 3 is 2.39 bits per heavy atom. The van der Waals surface area contributed by atoms with Gasteiger partial charge in [0.1, 0.15) is 24.3 Å². The predicted molar refractivity (Wildman–Crippen MR) is 209 cm³/mol. The highest BCUT2D eigenvalue weighted by molar-refractivity contribution is 8.00. The number of amides is 4.